The molecule has 3 heterocycles. The summed E-state index contributed by atoms with van der Waals surface area (Å²) in [5.41, 5.74) is 1.89. The zero-order valence-electron chi connectivity index (χ0n) is 14.1. The third-order valence-electron chi connectivity index (χ3n) is 3.98. The van der Waals surface area contributed by atoms with Gasteiger partial charge in [0.15, 0.2) is 16.7 Å². The maximum absolute atomic E-state index is 6.40. The van der Waals surface area contributed by atoms with Crippen LogP contribution in [0.4, 0.5) is 0 Å². The second kappa shape index (κ2) is 7.34. The Balaban J connectivity index is 1.57. The Morgan fingerprint density at radius 2 is 2.08 bits per heavy atom. The summed E-state index contributed by atoms with van der Waals surface area (Å²) >= 11 is 9.66. The Labute approximate surface area is 164 Å². The van der Waals surface area contributed by atoms with Crippen LogP contribution >= 0.6 is 35.1 Å². The molecule has 0 aliphatic carbocycles. The Kier molecular flexibility index (Phi) is 4.93. The molecule has 132 valence electrons. The third-order valence-corrected chi connectivity index (χ3v) is 6.11. The number of nitrogens with zero attached hydrogens (tertiary/aromatic N) is 4. The van der Waals surface area contributed by atoms with Crippen LogP contribution in [-0.2, 0) is 12.8 Å². The highest BCUT2D eigenvalue weighted by atomic mass is 35.5. The molecule has 0 aliphatic heterocycles. The SMILES string of the molecule is CSc1ccc2cc(CSc3nnc(-c4ccco4)n3C)c(Cl)nc2c1. The van der Waals surface area contributed by atoms with Gasteiger partial charge in [-0.1, -0.05) is 29.4 Å². The van der Waals surface area contributed by atoms with Crippen molar-refractivity contribution in [2.45, 2.75) is 15.8 Å². The quantitative estimate of drug-likeness (QED) is 0.334. The molecule has 0 saturated heterocycles. The average Bonchev–Trinajstić information content (AvgIpc) is 3.29. The highest BCUT2D eigenvalue weighted by molar-refractivity contribution is 7.98. The lowest BCUT2D eigenvalue weighted by Gasteiger charge is -2.07. The number of aromatic nitrogens is 4. The molecule has 0 aliphatic rings. The van der Waals surface area contributed by atoms with Crippen LogP contribution in [0.5, 0.6) is 0 Å². The number of pyridine rings is 1. The molecule has 8 heteroatoms. The monoisotopic (exact) mass is 402 g/mol. The molecule has 0 saturated carbocycles. The summed E-state index contributed by atoms with van der Waals surface area (Å²) in [4.78, 5) is 5.72. The van der Waals surface area contributed by atoms with Crippen LogP contribution in [0.2, 0.25) is 5.15 Å². The Hall–Kier alpha value is -1.96. The molecular formula is C18H15ClN4OS2. The van der Waals surface area contributed by atoms with E-state index in [-0.39, 0.29) is 0 Å². The fourth-order valence-electron chi connectivity index (χ4n) is 2.60. The molecule has 4 rings (SSSR count). The minimum atomic E-state index is 0.525. The van der Waals surface area contributed by atoms with Crippen molar-refractivity contribution >= 4 is 46.0 Å². The number of fused-ring (bicyclic) bond motifs is 1. The maximum Gasteiger partial charge on any atom is 0.200 e. The second-order valence-electron chi connectivity index (χ2n) is 5.63. The number of furan rings is 1. The standard InChI is InChI=1S/C18H15ClN4OS2/c1-23-17(15-4-3-7-24-15)21-22-18(23)26-10-12-8-11-5-6-13(25-2)9-14(11)20-16(12)19/h3-9H,10H2,1-2H3. The minimum absolute atomic E-state index is 0.525. The number of thioether (sulfide) groups is 2. The van der Waals surface area contributed by atoms with Crippen molar-refractivity contribution in [3.8, 4) is 11.6 Å². The summed E-state index contributed by atoms with van der Waals surface area (Å²) in [7, 11) is 1.92. The molecule has 0 atom stereocenters. The highest BCUT2D eigenvalue weighted by Crippen LogP contribution is 2.30. The molecule has 26 heavy (non-hydrogen) atoms. The van der Waals surface area contributed by atoms with Crippen LogP contribution < -0.4 is 0 Å². The van der Waals surface area contributed by atoms with Crippen LogP contribution in [0.1, 0.15) is 5.56 Å². The molecule has 0 unspecified atom stereocenters. The van der Waals surface area contributed by atoms with Gasteiger partial charge in [0.2, 0.25) is 0 Å². The van der Waals surface area contributed by atoms with E-state index in [1.165, 1.54) is 4.90 Å². The summed E-state index contributed by atoms with van der Waals surface area (Å²) in [6.45, 7) is 0. The van der Waals surface area contributed by atoms with Crippen molar-refractivity contribution in [3.05, 3.63) is 53.4 Å². The molecule has 3 aromatic heterocycles. The van der Waals surface area contributed by atoms with E-state index in [4.69, 9.17) is 16.0 Å². The summed E-state index contributed by atoms with van der Waals surface area (Å²) < 4.78 is 7.31. The van der Waals surface area contributed by atoms with Crippen LogP contribution in [0.3, 0.4) is 0 Å². The highest BCUT2D eigenvalue weighted by Gasteiger charge is 2.14. The summed E-state index contributed by atoms with van der Waals surface area (Å²) in [6.07, 6.45) is 3.67. The van der Waals surface area contributed by atoms with E-state index in [9.17, 15) is 0 Å². The second-order valence-corrected chi connectivity index (χ2v) is 7.81. The zero-order chi connectivity index (χ0) is 18.1. The number of hydrogen-bond donors (Lipinski definition) is 0. The van der Waals surface area contributed by atoms with Gasteiger partial charge < -0.3 is 8.98 Å². The van der Waals surface area contributed by atoms with Crippen molar-refractivity contribution < 1.29 is 4.42 Å². The molecule has 0 spiro atoms. The van der Waals surface area contributed by atoms with E-state index in [0.717, 1.165) is 21.6 Å². The molecule has 0 amide bonds. The molecule has 1 aromatic carbocycles. The number of hydrogen-bond acceptors (Lipinski definition) is 6. The summed E-state index contributed by atoms with van der Waals surface area (Å²) in [6, 6.07) is 12.0. The largest absolute Gasteiger partial charge is 0.461 e. The van der Waals surface area contributed by atoms with E-state index in [2.05, 4.69) is 39.4 Å². The smallest absolute Gasteiger partial charge is 0.200 e. The van der Waals surface area contributed by atoms with Gasteiger partial charge in [0.1, 0.15) is 5.15 Å². The lowest BCUT2D eigenvalue weighted by molar-refractivity contribution is 0.572. The zero-order valence-corrected chi connectivity index (χ0v) is 16.5. The van der Waals surface area contributed by atoms with Gasteiger partial charge in [-0.05, 0) is 36.6 Å². The Morgan fingerprint density at radius 3 is 2.85 bits per heavy atom. The number of halogens is 1. The molecular weight excluding hydrogens is 388 g/mol. The predicted octanol–water partition coefficient (Wildman–Crippen LogP) is 5.29. The first-order valence-electron chi connectivity index (χ1n) is 7.85. The number of benzene rings is 1. The molecule has 0 N–H and O–H groups in total. The van der Waals surface area contributed by atoms with Crippen LogP contribution in [0.15, 0.2) is 57.1 Å². The fourth-order valence-corrected chi connectivity index (χ4v) is 4.21. The Bertz CT molecular complexity index is 1060. The summed E-state index contributed by atoms with van der Waals surface area (Å²) in [5.74, 6) is 2.06. The molecule has 5 nitrogen and oxygen atoms in total. The van der Waals surface area contributed by atoms with Crippen molar-refractivity contribution in [2.75, 3.05) is 6.26 Å². The molecule has 0 radical (unpaired) electrons. The van der Waals surface area contributed by atoms with E-state index >= 15 is 0 Å². The number of rotatable bonds is 5. The van der Waals surface area contributed by atoms with Crippen LogP contribution in [-0.4, -0.2) is 26.0 Å². The first-order valence-corrected chi connectivity index (χ1v) is 10.4. The van der Waals surface area contributed by atoms with Gasteiger partial charge in [-0.3, -0.25) is 0 Å². The van der Waals surface area contributed by atoms with Crippen molar-refractivity contribution in [1.82, 2.24) is 19.7 Å². The predicted molar refractivity (Wildman–Crippen MR) is 107 cm³/mol. The first kappa shape index (κ1) is 17.5. The van der Waals surface area contributed by atoms with Gasteiger partial charge in [-0.25, -0.2) is 4.98 Å². The van der Waals surface area contributed by atoms with Crippen molar-refractivity contribution in [1.29, 1.82) is 0 Å². The van der Waals surface area contributed by atoms with Crippen molar-refractivity contribution in [2.24, 2.45) is 7.05 Å². The van der Waals surface area contributed by atoms with Gasteiger partial charge in [0.25, 0.3) is 0 Å². The average molecular weight is 403 g/mol. The van der Waals surface area contributed by atoms with Crippen LogP contribution in [0.25, 0.3) is 22.5 Å². The molecule has 0 fully saturated rings. The van der Waals surface area contributed by atoms with Gasteiger partial charge in [-0.2, -0.15) is 0 Å². The molecule has 0 bridgehead atoms. The normalized spacial score (nSPS) is 11.3. The van der Waals surface area contributed by atoms with E-state index in [1.54, 1.807) is 29.8 Å². The van der Waals surface area contributed by atoms with E-state index < -0.39 is 0 Å². The maximum atomic E-state index is 6.40. The van der Waals surface area contributed by atoms with Gasteiger partial charge in [0.05, 0.1) is 11.8 Å². The topological polar surface area (TPSA) is 56.7 Å². The van der Waals surface area contributed by atoms with E-state index in [1.807, 2.05) is 30.0 Å². The van der Waals surface area contributed by atoms with Gasteiger partial charge in [0, 0.05) is 28.6 Å². The van der Waals surface area contributed by atoms with Crippen molar-refractivity contribution in [3.63, 3.8) is 0 Å². The van der Waals surface area contributed by atoms with Gasteiger partial charge >= 0.3 is 0 Å². The first-order chi connectivity index (χ1) is 12.7. The van der Waals surface area contributed by atoms with Crippen LogP contribution in [0, 0.1) is 0 Å². The lowest BCUT2D eigenvalue weighted by Crippen LogP contribution is -1.95. The van der Waals surface area contributed by atoms with Gasteiger partial charge in [-0.15, -0.1) is 22.0 Å². The van der Waals surface area contributed by atoms with E-state index in [0.29, 0.717) is 22.5 Å². The third kappa shape index (κ3) is 3.34. The molecule has 4 aromatic rings. The lowest BCUT2D eigenvalue weighted by atomic mass is 10.2. The summed E-state index contributed by atoms with van der Waals surface area (Å²) in [5, 5.41) is 10.9. The minimum Gasteiger partial charge on any atom is -0.461 e. The fraction of sp³-hybridized carbons (Fsp3) is 0.167. The Morgan fingerprint density at radius 1 is 1.19 bits per heavy atom.